The van der Waals surface area contributed by atoms with Gasteiger partial charge in [-0.2, -0.15) is 0 Å². The van der Waals surface area contributed by atoms with E-state index in [0.717, 1.165) is 64.5 Å². The Bertz CT molecular complexity index is 1110. The molecule has 41 heavy (non-hydrogen) atoms. The van der Waals surface area contributed by atoms with E-state index >= 15 is 0 Å². The van der Waals surface area contributed by atoms with Gasteiger partial charge in [0.25, 0.3) is 0 Å². The molecule has 1 aromatic carbocycles. The lowest BCUT2D eigenvalue weighted by Gasteiger charge is -2.53. The number of likely N-dealkylation sites (N-methyl/N-ethyl adjacent to an activating group) is 1. The van der Waals surface area contributed by atoms with Crippen molar-refractivity contribution in [3.63, 3.8) is 0 Å². The average molecular weight is 592 g/mol. The maximum Gasteiger partial charge on any atom is 0.514 e. The first-order valence-electron chi connectivity index (χ1n) is 15.8. The Balaban J connectivity index is 1.27. The number of benzene rings is 1. The summed E-state index contributed by atoms with van der Waals surface area (Å²) in [4.78, 5) is 14.7. The van der Waals surface area contributed by atoms with Crippen LogP contribution in [0.5, 0.6) is 5.75 Å². The molecule has 0 spiro atoms. The van der Waals surface area contributed by atoms with Crippen molar-refractivity contribution in [3.05, 3.63) is 29.3 Å². The van der Waals surface area contributed by atoms with Gasteiger partial charge in [0.1, 0.15) is 17.5 Å². The smallest absolute Gasteiger partial charge is 0.429 e. The second kappa shape index (κ2) is 12.6. The predicted octanol–water partition coefficient (Wildman–Crippen LogP) is 6.41. The van der Waals surface area contributed by atoms with Gasteiger partial charge in [-0.3, -0.25) is 4.21 Å². The molecule has 1 aromatic rings. The molecule has 8 heteroatoms. The molecule has 0 aromatic heterocycles. The first-order chi connectivity index (χ1) is 19.4. The Morgan fingerprint density at radius 1 is 1.20 bits per heavy atom. The van der Waals surface area contributed by atoms with Gasteiger partial charge in [-0.05, 0) is 137 Å². The van der Waals surface area contributed by atoms with Gasteiger partial charge >= 0.3 is 6.16 Å². The van der Waals surface area contributed by atoms with Crippen molar-refractivity contribution in [1.29, 1.82) is 0 Å². The van der Waals surface area contributed by atoms with Crippen LogP contribution in [0.3, 0.4) is 0 Å². The van der Waals surface area contributed by atoms with E-state index in [1.165, 1.54) is 11.1 Å². The molecule has 3 fully saturated rings. The van der Waals surface area contributed by atoms with Crippen LogP contribution in [0.25, 0.3) is 0 Å². The molecule has 0 amide bonds. The topological polar surface area (TPSA) is 76.1 Å². The van der Waals surface area contributed by atoms with Crippen molar-refractivity contribution in [3.8, 4) is 5.75 Å². The van der Waals surface area contributed by atoms with Gasteiger partial charge in [-0.15, -0.1) is 0 Å². The fourth-order valence-corrected chi connectivity index (χ4v) is 9.75. The second-order valence-electron chi connectivity index (χ2n) is 14.2. The van der Waals surface area contributed by atoms with Gasteiger partial charge in [-0.1, -0.05) is 13.0 Å². The largest absolute Gasteiger partial charge is 0.514 e. The molecule has 2 unspecified atom stereocenters. The molecule has 5 rings (SSSR count). The molecular weight excluding hydrogens is 541 g/mol. The molecule has 3 aliphatic carbocycles. The van der Waals surface area contributed by atoms with Crippen LogP contribution in [-0.2, 0) is 22.0 Å². The van der Waals surface area contributed by atoms with Gasteiger partial charge in [0.2, 0.25) is 0 Å². The van der Waals surface area contributed by atoms with Gasteiger partial charge in [0.05, 0.1) is 6.10 Å². The minimum Gasteiger partial charge on any atom is -0.429 e. The minimum absolute atomic E-state index is 0.0278. The van der Waals surface area contributed by atoms with E-state index in [-0.39, 0.29) is 17.6 Å². The van der Waals surface area contributed by atoms with E-state index in [2.05, 4.69) is 17.9 Å². The van der Waals surface area contributed by atoms with Gasteiger partial charge in [0.15, 0.2) is 0 Å². The number of hydrogen-bond donors (Lipinski definition) is 1. The normalized spacial score (nSPS) is 34.0. The first-order valence-corrected chi connectivity index (χ1v) is 17.3. The van der Waals surface area contributed by atoms with Crippen LogP contribution in [0.4, 0.5) is 9.18 Å². The summed E-state index contributed by atoms with van der Waals surface area (Å²) >= 11 is 0. The van der Waals surface area contributed by atoms with Crippen molar-refractivity contribution in [2.45, 2.75) is 109 Å². The zero-order valence-corrected chi connectivity index (χ0v) is 26.2. The van der Waals surface area contributed by atoms with Crippen LogP contribution in [0.2, 0.25) is 0 Å². The Hall–Kier alpha value is -1.51. The molecular formula is C33H50FNO5S. The number of aliphatic hydroxyl groups is 1. The van der Waals surface area contributed by atoms with Crippen LogP contribution >= 0.6 is 0 Å². The third kappa shape index (κ3) is 7.18. The van der Waals surface area contributed by atoms with E-state index in [1.54, 1.807) is 13.8 Å². The maximum absolute atomic E-state index is 13.8. The molecule has 0 bridgehead atoms. The molecule has 1 aliphatic heterocycles. The van der Waals surface area contributed by atoms with Crippen molar-refractivity contribution in [1.82, 2.24) is 4.90 Å². The van der Waals surface area contributed by atoms with Crippen LogP contribution in [0, 0.1) is 23.2 Å². The van der Waals surface area contributed by atoms with E-state index in [4.69, 9.17) is 9.47 Å². The number of alkyl halides is 1. The summed E-state index contributed by atoms with van der Waals surface area (Å²) in [6, 6.07) is 6.11. The quantitative estimate of drug-likeness (QED) is 0.251. The number of carbonyl (C=O) groups excluding carboxylic acids is 1. The van der Waals surface area contributed by atoms with Crippen LogP contribution in [0.1, 0.15) is 95.6 Å². The average Bonchev–Trinajstić information content (AvgIpc) is 3.44. The number of nitrogens with zero attached hydrogens (tertiary/aromatic N) is 1. The first kappa shape index (κ1) is 30.9. The van der Waals surface area contributed by atoms with Crippen molar-refractivity contribution in [2.24, 2.45) is 23.2 Å². The lowest BCUT2D eigenvalue weighted by atomic mass is 9.52. The fraction of sp³-hybridized carbons (Fsp3) is 0.788. The van der Waals surface area contributed by atoms with Crippen LogP contribution in [0.15, 0.2) is 18.2 Å². The molecule has 1 N–H and O–H groups in total. The number of rotatable bonds is 10. The summed E-state index contributed by atoms with van der Waals surface area (Å²) in [6.45, 7) is 7.11. The van der Waals surface area contributed by atoms with Crippen molar-refractivity contribution < 1.29 is 28.0 Å². The van der Waals surface area contributed by atoms with Crippen LogP contribution in [-0.4, -0.2) is 69.9 Å². The summed E-state index contributed by atoms with van der Waals surface area (Å²) in [5.74, 6) is 3.60. The molecule has 0 radical (unpaired) electrons. The van der Waals surface area contributed by atoms with E-state index in [9.17, 15) is 18.5 Å². The molecule has 1 saturated heterocycles. The molecule has 230 valence electrons. The molecule has 8 atom stereocenters. The number of ether oxygens (including phenoxy) is 2. The Morgan fingerprint density at radius 3 is 2.71 bits per heavy atom. The Labute approximate surface area is 248 Å². The van der Waals surface area contributed by atoms with Gasteiger partial charge in [-0.25, -0.2) is 9.18 Å². The van der Waals surface area contributed by atoms with Crippen LogP contribution < -0.4 is 4.74 Å². The third-order valence-electron chi connectivity index (χ3n) is 10.7. The summed E-state index contributed by atoms with van der Waals surface area (Å²) in [6.07, 6.45) is 7.75. The van der Waals surface area contributed by atoms with Crippen molar-refractivity contribution in [2.75, 3.05) is 31.6 Å². The summed E-state index contributed by atoms with van der Waals surface area (Å²) in [7, 11) is 1.09. The lowest BCUT2D eigenvalue weighted by molar-refractivity contribution is -0.0393. The zero-order chi connectivity index (χ0) is 29.4. The SMILES string of the molecule is CN1CCC(OC(=O)Oc2ccc3c(c2)C[C@@H](CCCS(=O)CCCC(C)(C)F)[C@@H]2[C@@H]3CC[C@]3(C)[C@@H](O)CC[C@@H]23)C1. The highest BCUT2D eigenvalue weighted by molar-refractivity contribution is 7.84. The standard InChI is InChI=1S/C33H50FNO5S/c1-32(2,34)14-6-18-41(38)17-5-7-22-19-23-20-24(39-31(37)40-25-13-16-35(4)21-25)8-9-26(23)27-12-15-33(3)28(30(22)27)10-11-29(33)36/h8-9,20,22,25,27-30,36H,5-7,10-19,21H2,1-4H3/t22-,25?,27-,28+,29+,30-,33+,41?/m1/s1. The fourth-order valence-electron chi connectivity index (χ4n) is 8.59. The second-order valence-corrected chi connectivity index (χ2v) is 15.9. The number of likely N-dealkylation sites (tertiary alicyclic amines) is 1. The molecule has 2 saturated carbocycles. The highest BCUT2D eigenvalue weighted by Gasteiger charge is 2.56. The Morgan fingerprint density at radius 2 is 1.98 bits per heavy atom. The lowest BCUT2D eigenvalue weighted by Crippen LogP contribution is -2.47. The number of fused-ring (bicyclic) bond motifs is 5. The predicted molar refractivity (Wildman–Crippen MR) is 160 cm³/mol. The maximum atomic E-state index is 13.8. The summed E-state index contributed by atoms with van der Waals surface area (Å²) in [5, 5.41) is 11.0. The number of carbonyl (C=O) groups is 1. The van der Waals surface area contributed by atoms with E-state index in [0.29, 0.717) is 53.8 Å². The molecule has 4 aliphatic rings. The highest BCUT2D eigenvalue weighted by atomic mass is 32.2. The summed E-state index contributed by atoms with van der Waals surface area (Å²) in [5.41, 5.74) is 1.38. The monoisotopic (exact) mass is 591 g/mol. The molecule has 1 heterocycles. The number of aliphatic hydroxyl groups excluding tert-OH is 1. The van der Waals surface area contributed by atoms with Gasteiger partial charge in [0, 0.05) is 35.4 Å². The third-order valence-corrected chi connectivity index (χ3v) is 12.2. The number of hydrogen-bond acceptors (Lipinski definition) is 6. The number of halogens is 1. The summed E-state index contributed by atoms with van der Waals surface area (Å²) < 4.78 is 37.7. The van der Waals surface area contributed by atoms with E-state index < -0.39 is 22.6 Å². The van der Waals surface area contributed by atoms with Gasteiger partial charge < -0.3 is 19.5 Å². The molecule has 6 nitrogen and oxygen atoms in total. The van der Waals surface area contributed by atoms with Crippen molar-refractivity contribution >= 4 is 17.0 Å². The zero-order valence-electron chi connectivity index (χ0n) is 25.4. The highest BCUT2D eigenvalue weighted by Crippen LogP contribution is 2.62. The Kier molecular flexibility index (Phi) is 9.52. The van der Waals surface area contributed by atoms with E-state index in [1.807, 2.05) is 19.2 Å². The minimum atomic E-state index is -1.21.